The molecule has 0 aromatic carbocycles. The van der Waals surface area contributed by atoms with E-state index in [4.69, 9.17) is 18.5 Å². The lowest BCUT2D eigenvalue weighted by Gasteiger charge is -2.24. The number of likely N-dealkylation sites (N-methyl/N-ethyl adjacent to an activating group) is 1. The van der Waals surface area contributed by atoms with Crippen LogP contribution in [0.1, 0.15) is 219 Å². The first-order valence-corrected chi connectivity index (χ1v) is 28.2. The number of nitrogens with zero attached hydrogens (tertiary/aromatic N) is 1. The summed E-state index contributed by atoms with van der Waals surface area (Å²) in [5.74, 6) is -0.322. The lowest BCUT2D eigenvalue weighted by atomic mass is 10.1. The molecule has 2 atom stereocenters. The van der Waals surface area contributed by atoms with Crippen molar-refractivity contribution in [1.29, 1.82) is 0 Å². The topological polar surface area (TPSA) is 91.3 Å². The highest BCUT2D eigenvalue weighted by molar-refractivity contribution is 7.47. The predicted octanol–water partition coefficient (Wildman–Crippen LogP) is 16.6. The van der Waals surface area contributed by atoms with E-state index in [1.807, 2.05) is 21.1 Å². The quantitative estimate of drug-likeness (QED) is 0.0214. The summed E-state index contributed by atoms with van der Waals surface area (Å²) in [6.07, 6.45) is 63.8. The molecule has 65 heavy (non-hydrogen) atoms. The summed E-state index contributed by atoms with van der Waals surface area (Å²) in [5, 5.41) is 0. The Bertz CT molecular complexity index is 1270. The molecular weight excluding hydrogens is 830 g/mol. The molecule has 0 spiro atoms. The normalized spacial score (nSPS) is 14.1. The number of rotatable bonds is 49. The van der Waals surface area contributed by atoms with Crippen molar-refractivity contribution in [2.45, 2.75) is 225 Å². The second kappa shape index (κ2) is 48.4. The maximum Gasteiger partial charge on any atom is 0.472 e. The van der Waals surface area contributed by atoms with E-state index in [0.29, 0.717) is 24.1 Å². The average molecular weight is 933 g/mol. The van der Waals surface area contributed by atoms with Crippen LogP contribution in [0.4, 0.5) is 0 Å². The maximum atomic E-state index is 12.8. The van der Waals surface area contributed by atoms with Crippen LogP contribution in [0.5, 0.6) is 0 Å². The molecule has 0 aliphatic rings. The van der Waals surface area contributed by atoms with Gasteiger partial charge in [0.1, 0.15) is 19.3 Å². The first-order valence-electron chi connectivity index (χ1n) is 26.7. The lowest BCUT2D eigenvalue weighted by Crippen LogP contribution is -2.37. The molecule has 9 heteroatoms. The zero-order valence-corrected chi connectivity index (χ0v) is 43.9. The molecule has 1 N–H and O–H groups in total. The molecule has 0 saturated heterocycles. The smallest absolute Gasteiger partial charge is 0.457 e. The molecule has 0 saturated carbocycles. The van der Waals surface area contributed by atoms with Crippen molar-refractivity contribution >= 4 is 13.8 Å². The Labute approximate surface area is 402 Å². The summed E-state index contributed by atoms with van der Waals surface area (Å²) in [5.41, 5.74) is 0. The fraction of sp³-hybridized carbons (Fsp3) is 0.768. The minimum atomic E-state index is -4.29. The van der Waals surface area contributed by atoms with Crippen molar-refractivity contribution in [1.82, 2.24) is 0 Å². The Balaban J connectivity index is 4.17. The third-order valence-corrected chi connectivity index (χ3v) is 12.2. The highest BCUT2D eigenvalue weighted by atomic mass is 31.2. The third kappa shape index (κ3) is 52.8. The van der Waals surface area contributed by atoms with Gasteiger partial charge in [-0.3, -0.25) is 13.8 Å². The molecule has 2 unspecified atom stereocenters. The van der Waals surface area contributed by atoms with E-state index < -0.39 is 13.9 Å². The Morgan fingerprint density at radius 1 is 0.492 bits per heavy atom. The van der Waals surface area contributed by atoms with Gasteiger partial charge in [-0.25, -0.2) is 4.57 Å². The number of phosphoric acid groups is 1. The highest BCUT2D eigenvalue weighted by Crippen LogP contribution is 2.43. The minimum absolute atomic E-state index is 0.0820. The van der Waals surface area contributed by atoms with Gasteiger partial charge in [-0.1, -0.05) is 202 Å². The van der Waals surface area contributed by atoms with Gasteiger partial charge in [0.15, 0.2) is 0 Å². The van der Waals surface area contributed by atoms with E-state index in [1.165, 1.54) is 122 Å². The van der Waals surface area contributed by atoms with Gasteiger partial charge in [0.25, 0.3) is 0 Å². The molecule has 378 valence electrons. The van der Waals surface area contributed by atoms with Gasteiger partial charge >= 0.3 is 13.8 Å². The van der Waals surface area contributed by atoms with Crippen LogP contribution >= 0.6 is 7.82 Å². The summed E-state index contributed by atoms with van der Waals surface area (Å²) in [6, 6.07) is 0. The zero-order valence-electron chi connectivity index (χ0n) is 43.0. The molecular formula is C56H103NO7P+. The van der Waals surface area contributed by atoms with Gasteiger partial charge in [-0.05, 0) is 83.5 Å². The number of ether oxygens (including phenoxy) is 2. The van der Waals surface area contributed by atoms with Crippen LogP contribution in [0.3, 0.4) is 0 Å². The van der Waals surface area contributed by atoms with Gasteiger partial charge in [-0.15, -0.1) is 0 Å². The van der Waals surface area contributed by atoms with E-state index in [1.54, 1.807) is 0 Å². The number of hydrogen-bond donors (Lipinski definition) is 1. The van der Waals surface area contributed by atoms with Crippen molar-refractivity contribution in [2.24, 2.45) is 0 Å². The molecule has 0 heterocycles. The van der Waals surface area contributed by atoms with Crippen molar-refractivity contribution in [3.8, 4) is 0 Å². The molecule has 0 aliphatic heterocycles. The van der Waals surface area contributed by atoms with Crippen LogP contribution in [0.2, 0.25) is 0 Å². The zero-order chi connectivity index (χ0) is 47.6. The van der Waals surface area contributed by atoms with Crippen molar-refractivity contribution < 1.29 is 37.3 Å². The largest absolute Gasteiger partial charge is 0.472 e. The number of carbonyl (C=O) groups is 1. The molecule has 0 bridgehead atoms. The molecule has 0 radical (unpaired) electrons. The molecule has 0 aliphatic carbocycles. The Kier molecular flexibility index (Phi) is 46.9. The van der Waals surface area contributed by atoms with Crippen LogP contribution in [0.25, 0.3) is 0 Å². The fourth-order valence-corrected chi connectivity index (χ4v) is 7.90. The van der Waals surface area contributed by atoms with Crippen LogP contribution < -0.4 is 0 Å². The van der Waals surface area contributed by atoms with E-state index >= 15 is 0 Å². The number of phosphoric ester groups is 1. The van der Waals surface area contributed by atoms with Crippen molar-refractivity contribution in [3.05, 3.63) is 72.9 Å². The number of hydrogen-bond acceptors (Lipinski definition) is 6. The SMILES string of the molecule is CC/C=C\C/C=C\C/C=C\C/C=C\C/C=C\CCCCCCCCOCC(COP(=O)(O)OCC[N+](C)(C)C)OC(=O)CCCCCCCCCCC/C=C\CCCCCCCCCC. The molecule has 0 fully saturated rings. The van der Waals surface area contributed by atoms with E-state index in [2.05, 4.69) is 86.8 Å². The van der Waals surface area contributed by atoms with Crippen molar-refractivity contribution in [2.75, 3.05) is 54.1 Å². The summed E-state index contributed by atoms with van der Waals surface area (Å²) < 4.78 is 35.2. The van der Waals surface area contributed by atoms with Crippen LogP contribution in [-0.4, -0.2) is 75.6 Å². The molecule has 0 aromatic heterocycles. The minimum Gasteiger partial charge on any atom is -0.457 e. The van der Waals surface area contributed by atoms with Gasteiger partial charge in [0.2, 0.25) is 0 Å². The van der Waals surface area contributed by atoms with Gasteiger partial charge < -0.3 is 18.9 Å². The first kappa shape index (κ1) is 62.9. The van der Waals surface area contributed by atoms with Crippen molar-refractivity contribution in [3.63, 3.8) is 0 Å². The maximum absolute atomic E-state index is 12.8. The summed E-state index contributed by atoms with van der Waals surface area (Å²) in [4.78, 5) is 23.0. The number of carbonyl (C=O) groups excluding carboxylic acids is 1. The molecule has 8 nitrogen and oxygen atoms in total. The number of unbranched alkanes of at least 4 members (excludes halogenated alkanes) is 23. The number of esters is 1. The number of quaternary nitrogens is 1. The first-order chi connectivity index (χ1) is 31.6. The number of allylic oxidation sites excluding steroid dienone is 12. The lowest BCUT2D eigenvalue weighted by molar-refractivity contribution is -0.870. The van der Waals surface area contributed by atoms with Gasteiger partial charge in [0.05, 0.1) is 34.4 Å². The molecule has 0 rings (SSSR count). The standard InChI is InChI=1S/C56H102NO7P/c1-6-8-10-12-14-16-18-20-22-24-26-28-30-32-34-36-38-40-42-44-46-48-51-61-53-55(54-63-65(59,60)62-52-50-57(3,4)5)64-56(58)49-47-45-43-41-39-37-35-33-31-29-27-25-23-21-19-17-15-13-11-9-7-2/h8,10,14,16,20,22,25-28,32,34,55H,6-7,9,11-13,15,17-19,21,23-24,29-31,33,35-54H2,1-5H3/p+1/b10-8-,16-14-,22-20-,27-25-,28-26-,34-32-. The van der Waals surface area contributed by atoms with Crippen LogP contribution in [-0.2, 0) is 27.9 Å². The Morgan fingerprint density at radius 2 is 0.892 bits per heavy atom. The van der Waals surface area contributed by atoms with E-state index in [0.717, 1.165) is 77.0 Å². The Morgan fingerprint density at radius 3 is 1.35 bits per heavy atom. The van der Waals surface area contributed by atoms with E-state index in [-0.39, 0.29) is 25.8 Å². The molecule has 0 aromatic rings. The predicted molar refractivity (Wildman–Crippen MR) is 279 cm³/mol. The Hall–Kier alpha value is -2.06. The third-order valence-electron chi connectivity index (χ3n) is 11.3. The van der Waals surface area contributed by atoms with E-state index in [9.17, 15) is 14.3 Å². The van der Waals surface area contributed by atoms with Gasteiger partial charge in [-0.2, -0.15) is 0 Å². The highest BCUT2D eigenvalue weighted by Gasteiger charge is 2.26. The summed E-state index contributed by atoms with van der Waals surface area (Å²) in [7, 11) is 1.65. The average Bonchev–Trinajstić information content (AvgIpc) is 3.27. The summed E-state index contributed by atoms with van der Waals surface area (Å²) in [6.45, 7) is 5.48. The second-order valence-corrected chi connectivity index (χ2v) is 20.3. The van der Waals surface area contributed by atoms with Gasteiger partial charge in [0, 0.05) is 13.0 Å². The van der Waals surface area contributed by atoms with Crippen LogP contribution in [0.15, 0.2) is 72.9 Å². The monoisotopic (exact) mass is 933 g/mol. The summed E-state index contributed by atoms with van der Waals surface area (Å²) >= 11 is 0. The molecule has 0 amide bonds. The fourth-order valence-electron chi connectivity index (χ4n) is 7.16. The van der Waals surface area contributed by atoms with Crippen LogP contribution in [0, 0.1) is 0 Å². The second-order valence-electron chi connectivity index (χ2n) is 18.9.